The SMILES string of the molecule is CN1CCN(CCC(=O)N2CCN(C=O)CC2)CC1. The summed E-state index contributed by atoms with van der Waals surface area (Å²) in [4.78, 5) is 31.0. The molecule has 19 heavy (non-hydrogen) atoms. The maximum Gasteiger partial charge on any atom is 0.223 e. The predicted octanol–water partition coefficient (Wildman–Crippen LogP) is -1.08. The fourth-order valence-electron chi connectivity index (χ4n) is 2.56. The molecule has 2 aliphatic rings. The van der Waals surface area contributed by atoms with Gasteiger partial charge in [0.25, 0.3) is 0 Å². The van der Waals surface area contributed by atoms with Gasteiger partial charge in [-0.2, -0.15) is 0 Å². The van der Waals surface area contributed by atoms with Crippen LogP contribution in [0.2, 0.25) is 0 Å². The third-order valence-corrected chi connectivity index (χ3v) is 4.05. The number of likely N-dealkylation sites (N-methyl/N-ethyl adjacent to an activating group) is 1. The van der Waals surface area contributed by atoms with E-state index in [2.05, 4.69) is 16.8 Å². The number of nitrogens with zero attached hydrogens (tertiary/aromatic N) is 4. The van der Waals surface area contributed by atoms with Crippen LogP contribution in [-0.2, 0) is 9.59 Å². The van der Waals surface area contributed by atoms with Gasteiger partial charge < -0.3 is 19.6 Å². The van der Waals surface area contributed by atoms with Crippen LogP contribution in [0.1, 0.15) is 6.42 Å². The Morgan fingerprint density at radius 2 is 1.63 bits per heavy atom. The van der Waals surface area contributed by atoms with Crippen LogP contribution < -0.4 is 0 Å². The average molecular weight is 268 g/mol. The molecule has 0 aromatic rings. The van der Waals surface area contributed by atoms with Crippen molar-refractivity contribution in [2.45, 2.75) is 6.42 Å². The van der Waals surface area contributed by atoms with Gasteiger partial charge in [0.05, 0.1) is 0 Å². The second-order valence-electron chi connectivity index (χ2n) is 5.42. The Kier molecular flexibility index (Phi) is 5.15. The number of carbonyl (C=O) groups is 2. The highest BCUT2D eigenvalue weighted by Gasteiger charge is 2.21. The molecule has 6 nitrogen and oxygen atoms in total. The number of hydrogen-bond acceptors (Lipinski definition) is 4. The van der Waals surface area contributed by atoms with Gasteiger partial charge in [0.15, 0.2) is 0 Å². The van der Waals surface area contributed by atoms with Gasteiger partial charge in [-0.25, -0.2) is 0 Å². The molecule has 2 aliphatic heterocycles. The summed E-state index contributed by atoms with van der Waals surface area (Å²) < 4.78 is 0. The van der Waals surface area contributed by atoms with Crippen LogP contribution in [0.4, 0.5) is 0 Å². The van der Waals surface area contributed by atoms with Crippen LogP contribution in [0.3, 0.4) is 0 Å². The van der Waals surface area contributed by atoms with Gasteiger partial charge in [0, 0.05) is 65.3 Å². The molecular weight excluding hydrogens is 244 g/mol. The summed E-state index contributed by atoms with van der Waals surface area (Å²) in [6.45, 7) is 7.86. The van der Waals surface area contributed by atoms with Crippen LogP contribution in [-0.4, -0.2) is 97.9 Å². The van der Waals surface area contributed by atoms with Crippen molar-refractivity contribution in [2.24, 2.45) is 0 Å². The van der Waals surface area contributed by atoms with Crippen molar-refractivity contribution in [3.63, 3.8) is 0 Å². The van der Waals surface area contributed by atoms with E-state index in [1.165, 1.54) is 0 Å². The van der Waals surface area contributed by atoms with E-state index in [9.17, 15) is 9.59 Å². The number of hydrogen-bond donors (Lipinski definition) is 0. The molecule has 6 heteroatoms. The van der Waals surface area contributed by atoms with Crippen LogP contribution in [0, 0.1) is 0 Å². The van der Waals surface area contributed by atoms with Gasteiger partial charge in [0.2, 0.25) is 12.3 Å². The van der Waals surface area contributed by atoms with E-state index in [0.29, 0.717) is 32.6 Å². The quantitative estimate of drug-likeness (QED) is 0.609. The molecule has 0 spiro atoms. The van der Waals surface area contributed by atoms with E-state index < -0.39 is 0 Å². The zero-order chi connectivity index (χ0) is 13.7. The molecule has 0 saturated carbocycles. The molecule has 2 fully saturated rings. The lowest BCUT2D eigenvalue weighted by Gasteiger charge is -2.34. The van der Waals surface area contributed by atoms with Crippen LogP contribution >= 0.6 is 0 Å². The van der Waals surface area contributed by atoms with Crippen molar-refractivity contribution in [3.05, 3.63) is 0 Å². The van der Waals surface area contributed by atoms with Gasteiger partial charge in [-0.3, -0.25) is 9.59 Å². The van der Waals surface area contributed by atoms with E-state index in [1.807, 2.05) is 4.90 Å². The Morgan fingerprint density at radius 3 is 2.21 bits per heavy atom. The average Bonchev–Trinajstić information content (AvgIpc) is 2.46. The summed E-state index contributed by atoms with van der Waals surface area (Å²) in [5.41, 5.74) is 0. The fourth-order valence-corrected chi connectivity index (χ4v) is 2.56. The van der Waals surface area contributed by atoms with Crippen molar-refractivity contribution in [3.8, 4) is 0 Å². The van der Waals surface area contributed by atoms with Crippen LogP contribution in [0.25, 0.3) is 0 Å². The third-order valence-electron chi connectivity index (χ3n) is 4.05. The lowest BCUT2D eigenvalue weighted by Crippen LogP contribution is -2.49. The molecule has 0 N–H and O–H groups in total. The number of amides is 2. The lowest BCUT2D eigenvalue weighted by atomic mass is 10.2. The summed E-state index contributed by atoms with van der Waals surface area (Å²) in [7, 11) is 2.13. The van der Waals surface area contributed by atoms with Crippen LogP contribution in [0.15, 0.2) is 0 Å². The number of rotatable bonds is 4. The van der Waals surface area contributed by atoms with Gasteiger partial charge >= 0.3 is 0 Å². The standard InChI is InChI=1S/C13H24N4O2/c1-14-4-6-15(7-5-14)3-2-13(19)17-10-8-16(12-18)9-11-17/h12H,2-11H2,1H3. The Bertz CT molecular complexity index is 308. The predicted molar refractivity (Wildman–Crippen MR) is 72.8 cm³/mol. The molecule has 0 aliphatic carbocycles. The summed E-state index contributed by atoms with van der Waals surface area (Å²) in [6, 6.07) is 0. The van der Waals surface area contributed by atoms with Crippen LogP contribution in [0.5, 0.6) is 0 Å². The van der Waals surface area contributed by atoms with Crippen molar-refractivity contribution < 1.29 is 9.59 Å². The Balaban J connectivity index is 1.66. The van der Waals surface area contributed by atoms with E-state index in [1.54, 1.807) is 4.90 Å². The van der Waals surface area contributed by atoms with Crippen molar-refractivity contribution in [1.82, 2.24) is 19.6 Å². The zero-order valence-corrected chi connectivity index (χ0v) is 11.8. The molecule has 2 rings (SSSR count). The molecular formula is C13H24N4O2. The summed E-state index contributed by atoms with van der Waals surface area (Å²) in [6.07, 6.45) is 1.47. The first-order chi connectivity index (χ1) is 9.19. The second-order valence-corrected chi connectivity index (χ2v) is 5.42. The lowest BCUT2D eigenvalue weighted by molar-refractivity contribution is -0.135. The highest BCUT2D eigenvalue weighted by Crippen LogP contribution is 2.05. The minimum atomic E-state index is 0.226. The highest BCUT2D eigenvalue weighted by molar-refractivity contribution is 5.76. The maximum absolute atomic E-state index is 12.1. The highest BCUT2D eigenvalue weighted by atomic mass is 16.2. The van der Waals surface area contributed by atoms with Gasteiger partial charge in [0.1, 0.15) is 0 Å². The Morgan fingerprint density at radius 1 is 1.00 bits per heavy atom. The maximum atomic E-state index is 12.1. The minimum absolute atomic E-state index is 0.226. The van der Waals surface area contributed by atoms with Gasteiger partial charge in [-0.1, -0.05) is 0 Å². The molecule has 0 aromatic heterocycles. The first-order valence-electron chi connectivity index (χ1n) is 7.07. The first-order valence-corrected chi connectivity index (χ1v) is 7.07. The summed E-state index contributed by atoms with van der Waals surface area (Å²) in [5, 5.41) is 0. The monoisotopic (exact) mass is 268 g/mol. The first kappa shape index (κ1) is 14.3. The summed E-state index contributed by atoms with van der Waals surface area (Å²) >= 11 is 0. The van der Waals surface area contributed by atoms with E-state index >= 15 is 0 Å². The molecule has 108 valence electrons. The topological polar surface area (TPSA) is 47.1 Å². The molecule has 0 radical (unpaired) electrons. The van der Waals surface area contributed by atoms with Crippen molar-refractivity contribution >= 4 is 12.3 Å². The zero-order valence-electron chi connectivity index (χ0n) is 11.8. The summed E-state index contributed by atoms with van der Waals surface area (Å²) in [5.74, 6) is 0.226. The van der Waals surface area contributed by atoms with Gasteiger partial charge in [-0.05, 0) is 7.05 Å². The molecule has 0 atom stereocenters. The largest absolute Gasteiger partial charge is 0.342 e. The minimum Gasteiger partial charge on any atom is -0.342 e. The van der Waals surface area contributed by atoms with E-state index in [-0.39, 0.29) is 5.91 Å². The number of piperazine rings is 2. The Labute approximate surface area is 114 Å². The smallest absolute Gasteiger partial charge is 0.223 e. The number of carbonyl (C=O) groups excluding carboxylic acids is 2. The van der Waals surface area contributed by atoms with E-state index in [4.69, 9.17) is 0 Å². The third kappa shape index (κ3) is 4.18. The molecule has 0 aromatic carbocycles. The molecule has 0 bridgehead atoms. The molecule has 2 amide bonds. The Hall–Kier alpha value is -1.14. The van der Waals surface area contributed by atoms with Crippen molar-refractivity contribution in [2.75, 3.05) is 66.0 Å². The normalized spacial score (nSPS) is 22.6. The molecule has 2 saturated heterocycles. The fraction of sp³-hybridized carbons (Fsp3) is 0.846. The van der Waals surface area contributed by atoms with E-state index in [0.717, 1.165) is 39.1 Å². The molecule has 2 heterocycles. The molecule has 0 unspecified atom stereocenters. The van der Waals surface area contributed by atoms with Gasteiger partial charge in [-0.15, -0.1) is 0 Å². The van der Waals surface area contributed by atoms with Crippen molar-refractivity contribution in [1.29, 1.82) is 0 Å². The second kappa shape index (κ2) is 6.86.